The highest BCUT2D eigenvalue weighted by Crippen LogP contribution is 2.26. The molecular weight excluding hydrogens is 280 g/mol. The second-order valence-electron chi connectivity index (χ2n) is 5.78. The maximum atomic E-state index is 2.26. The molecule has 20 heavy (non-hydrogen) atoms. The quantitative estimate of drug-likeness (QED) is 0.500. The number of hydrogen-bond acceptors (Lipinski definition) is 2. The van der Waals surface area contributed by atoms with Gasteiger partial charge in [0.25, 0.3) is 0 Å². The SMILES string of the molecule is CC(C)(C)c1ccc(SCCSc2ccccc2)cc1. The highest BCUT2D eigenvalue weighted by molar-refractivity contribution is 8.03. The van der Waals surface area contributed by atoms with Gasteiger partial charge in [0.2, 0.25) is 0 Å². The summed E-state index contributed by atoms with van der Waals surface area (Å²) in [7, 11) is 0. The second-order valence-corrected chi connectivity index (χ2v) is 8.12. The van der Waals surface area contributed by atoms with Crippen molar-refractivity contribution >= 4 is 23.5 Å². The molecule has 0 aliphatic heterocycles. The van der Waals surface area contributed by atoms with Crippen molar-refractivity contribution in [3.63, 3.8) is 0 Å². The van der Waals surface area contributed by atoms with Crippen molar-refractivity contribution in [2.45, 2.75) is 36.0 Å². The predicted octanol–water partition coefficient (Wildman–Crippen LogP) is 5.87. The zero-order chi connectivity index (χ0) is 14.4. The van der Waals surface area contributed by atoms with E-state index in [-0.39, 0.29) is 5.41 Å². The van der Waals surface area contributed by atoms with Gasteiger partial charge in [0.05, 0.1) is 0 Å². The Morgan fingerprint density at radius 2 is 1.20 bits per heavy atom. The van der Waals surface area contributed by atoms with Crippen molar-refractivity contribution in [2.24, 2.45) is 0 Å². The molecule has 0 aromatic heterocycles. The molecule has 0 aliphatic carbocycles. The van der Waals surface area contributed by atoms with Crippen LogP contribution in [-0.4, -0.2) is 11.5 Å². The summed E-state index contributed by atoms with van der Waals surface area (Å²) in [5.74, 6) is 2.30. The molecule has 0 amide bonds. The van der Waals surface area contributed by atoms with Crippen molar-refractivity contribution < 1.29 is 0 Å². The summed E-state index contributed by atoms with van der Waals surface area (Å²) in [5.41, 5.74) is 1.65. The van der Waals surface area contributed by atoms with E-state index in [1.54, 1.807) is 0 Å². The van der Waals surface area contributed by atoms with Gasteiger partial charge in [-0.05, 0) is 35.2 Å². The van der Waals surface area contributed by atoms with E-state index in [1.165, 1.54) is 15.4 Å². The van der Waals surface area contributed by atoms with E-state index in [9.17, 15) is 0 Å². The molecule has 0 N–H and O–H groups in total. The standard InChI is InChI=1S/C18H22S2/c1-18(2,3)15-9-11-17(12-10-15)20-14-13-19-16-7-5-4-6-8-16/h4-12H,13-14H2,1-3H3. The molecule has 0 radical (unpaired) electrons. The van der Waals surface area contributed by atoms with E-state index >= 15 is 0 Å². The predicted molar refractivity (Wildman–Crippen MR) is 93.0 cm³/mol. The van der Waals surface area contributed by atoms with Crippen LogP contribution in [0.15, 0.2) is 64.4 Å². The van der Waals surface area contributed by atoms with E-state index in [2.05, 4.69) is 75.4 Å². The molecule has 2 aromatic rings. The minimum atomic E-state index is 0.242. The normalized spacial score (nSPS) is 11.6. The third kappa shape index (κ3) is 4.92. The zero-order valence-corrected chi connectivity index (χ0v) is 14.1. The minimum Gasteiger partial charge on any atom is -0.125 e. The van der Waals surface area contributed by atoms with Crippen molar-refractivity contribution in [1.29, 1.82) is 0 Å². The molecule has 0 saturated heterocycles. The van der Waals surface area contributed by atoms with Crippen LogP contribution in [0.3, 0.4) is 0 Å². The van der Waals surface area contributed by atoms with Gasteiger partial charge in [-0.15, -0.1) is 23.5 Å². The van der Waals surface area contributed by atoms with Gasteiger partial charge < -0.3 is 0 Å². The topological polar surface area (TPSA) is 0 Å². The molecule has 0 nitrogen and oxygen atoms in total. The van der Waals surface area contributed by atoms with Crippen LogP contribution < -0.4 is 0 Å². The Hall–Kier alpha value is -0.860. The van der Waals surface area contributed by atoms with Gasteiger partial charge in [0.1, 0.15) is 0 Å². The van der Waals surface area contributed by atoms with Crippen molar-refractivity contribution in [3.8, 4) is 0 Å². The molecule has 0 heterocycles. The van der Waals surface area contributed by atoms with E-state index in [1.807, 2.05) is 23.5 Å². The molecule has 106 valence electrons. The van der Waals surface area contributed by atoms with E-state index in [0.717, 1.165) is 11.5 Å². The molecule has 2 aromatic carbocycles. The summed E-state index contributed by atoms with van der Waals surface area (Å²) in [6, 6.07) is 19.6. The van der Waals surface area contributed by atoms with Gasteiger partial charge in [-0.2, -0.15) is 0 Å². The van der Waals surface area contributed by atoms with Crippen LogP contribution in [-0.2, 0) is 5.41 Å². The Labute approximate surface area is 131 Å². The Morgan fingerprint density at radius 1 is 0.700 bits per heavy atom. The number of benzene rings is 2. The van der Waals surface area contributed by atoms with Crippen molar-refractivity contribution in [1.82, 2.24) is 0 Å². The molecule has 0 bridgehead atoms. The highest BCUT2D eigenvalue weighted by Gasteiger charge is 2.12. The van der Waals surface area contributed by atoms with Gasteiger partial charge in [0.15, 0.2) is 0 Å². The van der Waals surface area contributed by atoms with Crippen LogP contribution in [0.4, 0.5) is 0 Å². The monoisotopic (exact) mass is 302 g/mol. The third-order valence-corrected chi connectivity index (χ3v) is 5.37. The second kappa shape index (κ2) is 7.24. The first-order chi connectivity index (χ1) is 9.55. The van der Waals surface area contributed by atoms with Crippen LogP contribution in [0.5, 0.6) is 0 Å². The third-order valence-electron chi connectivity index (χ3n) is 3.08. The van der Waals surface area contributed by atoms with Crippen LogP contribution in [0.1, 0.15) is 26.3 Å². The first-order valence-electron chi connectivity index (χ1n) is 6.97. The smallest absolute Gasteiger partial charge is 0.00745 e. The van der Waals surface area contributed by atoms with E-state index < -0.39 is 0 Å². The zero-order valence-electron chi connectivity index (χ0n) is 12.4. The van der Waals surface area contributed by atoms with E-state index in [4.69, 9.17) is 0 Å². The number of hydrogen-bond donors (Lipinski definition) is 0. The van der Waals surface area contributed by atoms with Crippen LogP contribution in [0.25, 0.3) is 0 Å². The summed E-state index contributed by atoms with van der Waals surface area (Å²) in [6.07, 6.45) is 0. The lowest BCUT2D eigenvalue weighted by molar-refractivity contribution is 0.590. The summed E-state index contributed by atoms with van der Waals surface area (Å²) >= 11 is 3.86. The van der Waals surface area contributed by atoms with Gasteiger partial charge in [-0.25, -0.2) is 0 Å². The largest absolute Gasteiger partial charge is 0.125 e. The van der Waals surface area contributed by atoms with Crippen molar-refractivity contribution in [2.75, 3.05) is 11.5 Å². The van der Waals surface area contributed by atoms with Crippen LogP contribution >= 0.6 is 23.5 Å². The summed E-state index contributed by atoms with van der Waals surface area (Å²) < 4.78 is 0. The molecule has 0 aliphatic rings. The lowest BCUT2D eigenvalue weighted by Crippen LogP contribution is -2.10. The molecule has 0 atom stereocenters. The fourth-order valence-corrected chi connectivity index (χ4v) is 3.70. The lowest BCUT2D eigenvalue weighted by atomic mass is 9.87. The van der Waals surface area contributed by atoms with Gasteiger partial charge in [-0.3, -0.25) is 0 Å². The molecule has 2 heteroatoms. The fraction of sp³-hybridized carbons (Fsp3) is 0.333. The molecule has 0 unspecified atom stereocenters. The van der Waals surface area contributed by atoms with Gasteiger partial charge in [0, 0.05) is 21.3 Å². The molecule has 0 fully saturated rings. The first-order valence-corrected chi connectivity index (χ1v) is 8.94. The molecular formula is C18H22S2. The summed E-state index contributed by atoms with van der Waals surface area (Å²) in [5, 5.41) is 0. The average Bonchev–Trinajstić information content (AvgIpc) is 2.44. The fourth-order valence-electron chi connectivity index (χ4n) is 1.89. The average molecular weight is 303 g/mol. The van der Waals surface area contributed by atoms with E-state index in [0.29, 0.717) is 0 Å². The summed E-state index contributed by atoms with van der Waals surface area (Å²) in [6.45, 7) is 6.77. The van der Waals surface area contributed by atoms with Crippen LogP contribution in [0, 0.1) is 0 Å². The molecule has 2 rings (SSSR count). The minimum absolute atomic E-state index is 0.242. The Bertz CT molecular complexity index is 509. The Kier molecular flexibility index (Phi) is 5.62. The Morgan fingerprint density at radius 3 is 1.70 bits per heavy atom. The maximum absolute atomic E-state index is 2.26. The number of thioether (sulfide) groups is 2. The van der Waals surface area contributed by atoms with Crippen molar-refractivity contribution in [3.05, 3.63) is 60.2 Å². The van der Waals surface area contributed by atoms with Crippen LogP contribution in [0.2, 0.25) is 0 Å². The highest BCUT2D eigenvalue weighted by atomic mass is 32.2. The maximum Gasteiger partial charge on any atom is 0.00745 e. The lowest BCUT2D eigenvalue weighted by Gasteiger charge is -2.19. The van der Waals surface area contributed by atoms with Gasteiger partial charge in [-0.1, -0.05) is 51.1 Å². The summed E-state index contributed by atoms with van der Waals surface area (Å²) in [4.78, 5) is 2.72. The Balaban J connectivity index is 1.77. The number of rotatable bonds is 5. The first kappa shape index (κ1) is 15.5. The van der Waals surface area contributed by atoms with Gasteiger partial charge >= 0.3 is 0 Å². The molecule has 0 spiro atoms. The molecule has 0 saturated carbocycles.